The fraction of sp³-hybridized carbons (Fsp3) is 0.647. The lowest BCUT2D eigenvalue weighted by atomic mass is 9.97. The van der Waals surface area contributed by atoms with Crippen LogP contribution in [-0.4, -0.2) is 30.2 Å². The van der Waals surface area contributed by atoms with E-state index in [1.54, 1.807) is 0 Å². The van der Waals surface area contributed by atoms with Crippen molar-refractivity contribution in [3.05, 3.63) is 34.1 Å². The molecule has 2 fully saturated rings. The van der Waals surface area contributed by atoms with Gasteiger partial charge in [-0.15, -0.1) is 0 Å². The lowest BCUT2D eigenvalue weighted by Crippen LogP contribution is -2.39. The Kier molecular flexibility index (Phi) is 5.10. The Hall–Kier alpha value is -1.69. The normalized spacial score (nSPS) is 20.7. The number of hydrogen-bond acceptors (Lipinski definition) is 4. The Balaban J connectivity index is 1.55. The summed E-state index contributed by atoms with van der Waals surface area (Å²) in [6.07, 6.45) is 8.59. The van der Waals surface area contributed by atoms with Crippen molar-refractivity contribution in [2.45, 2.75) is 57.2 Å². The molecule has 1 aliphatic carbocycles. The molecule has 0 amide bonds. The highest BCUT2D eigenvalue weighted by atomic mass is 19.1. The Morgan fingerprint density at radius 2 is 1.74 bits per heavy atom. The molecule has 126 valence electrons. The van der Waals surface area contributed by atoms with Crippen LogP contribution in [0.5, 0.6) is 0 Å². The van der Waals surface area contributed by atoms with Crippen molar-refractivity contribution < 1.29 is 14.1 Å². The number of nitro benzene ring substituents is 1. The summed E-state index contributed by atoms with van der Waals surface area (Å²) in [4.78, 5) is 12.1. The van der Waals surface area contributed by atoms with E-state index in [4.69, 9.17) is 4.74 Å². The molecule has 0 spiro atoms. The molecule has 0 atom stereocenters. The van der Waals surface area contributed by atoms with Crippen molar-refractivity contribution in [1.29, 1.82) is 0 Å². The van der Waals surface area contributed by atoms with Gasteiger partial charge in [0.25, 0.3) is 5.69 Å². The molecule has 3 rings (SSSR count). The van der Waals surface area contributed by atoms with Crippen LogP contribution in [0.2, 0.25) is 0 Å². The zero-order valence-electron chi connectivity index (χ0n) is 13.2. The van der Waals surface area contributed by atoms with Crippen molar-refractivity contribution in [2.75, 3.05) is 18.0 Å². The Bertz CT molecular complexity index is 553. The number of ether oxygens (including phenoxy) is 1. The molecule has 1 aromatic carbocycles. The van der Waals surface area contributed by atoms with Gasteiger partial charge in [-0.1, -0.05) is 19.3 Å². The van der Waals surface area contributed by atoms with Gasteiger partial charge in [0.2, 0.25) is 0 Å². The fourth-order valence-electron chi connectivity index (χ4n) is 3.57. The molecule has 5 nitrogen and oxygen atoms in total. The Morgan fingerprint density at radius 1 is 1.09 bits per heavy atom. The summed E-state index contributed by atoms with van der Waals surface area (Å²) in [6, 6.07) is 3.87. The van der Waals surface area contributed by atoms with E-state index < -0.39 is 10.7 Å². The summed E-state index contributed by atoms with van der Waals surface area (Å²) in [7, 11) is 0. The van der Waals surface area contributed by atoms with E-state index in [9.17, 15) is 14.5 Å². The number of anilines is 1. The topological polar surface area (TPSA) is 55.6 Å². The lowest BCUT2D eigenvalue weighted by Gasteiger charge is -2.36. The van der Waals surface area contributed by atoms with Crippen LogP contribution in [0.15, 0.2) is 18.2 Å². The first-order valence-electron chi connectivity index (χ1n) is 8.48. The summed E-state index contributed by atoms with van der Waals surface area (Å²) in [5.74, 6) is -0.522. The zero-order valence-corrected chi connectivity index (χ0v) is 13.2. The van der Waals surface area contributed by atoms with Gasteiger partial charge in [-0.3, -0.25) is 10.1 Å². The molecule has 1 saturated heterocycles. The molecule has 1 aromatic rings. The maximum absolute atomic E-state index is 14.1. The largest absolute Gasteiger partial charge is 0.375 e. The number of halogens is 1. The van der Waals surface area contributed by atoms with Crippen LogP contribution in [0.4, 0.5) is 15.8 Å². The number of benzene rings is 1. The maximum atomic E-state index is 14.1. The molecular weight excluding hydrogens is 299 g/mol. The van der Waals surface area contributed by atoms with Crippen LogP contribution >= 0.6 is 0 Å². The molecule has 2 aliphatic rings. The van der Waals surface area contributed by atoms with Crippen LogP contribution in [0, 0.1) is 15.9 Å². The number of nitrogens with zero attached hydrogens (tertiary/aromatic N) is 2. The molecule has 0 radical (unpaired) electrons. The highest BCUT2D eigenvalue weighted by molar-refractivity contribution is 5.52. The number of hydrogen-bond donors (Lipinski definition) is 0. The van der Waals surface area contributed by atoms with Crippen LogP contribution in [0.3, 0.4) is 0 Å². The third-order valence-corrected chi connectivity index (χ3v) is 4.86. The van der Waals surface area contributed by atoms with E-state index in [0.717, 1.165) is 44.8 Å². The van der Waals surface area contributed by atoms with Gasteiger partial charge in [0.1, 0.15) is 0 Å². The number of non-ortho nitro benzene ring substituents is 1. The Morgan fingerprint density at radius 3 is 2.35 bits per heavy atom. The second-order valence-corrected chi connectivity index (χ2v) is 6.48. The third kappa shape index (κ3) is 3.99. The van der Waals surface area contributed by atoms with Gasteiger partial charge in [0.15, 0.2) is 5.82 Å². The average molecular weight is 322 g/mol. The van der Waals surface area contributed by atoms with Gasteiger partial charge in [0, 0.05) is 19.2 Å². The first kappa shape index (κ1) is 16.2. The predicted octanol–water partition coefficient (Wildman–Crippen LogP) is 4.05. The van der Waals surface area contributed by atoms with Gasteiger partial charge in [-0.05, 0) is 31.7 Å². The number of piperidine rings is 1. The minimum atomic E-state index is -0.572. The van der Waals surface area contributed by atoms with Gasteiger partial charge < -0.3 is 9.64 Å². The molecule has 1 aliphatic heterocycles. The summed E-state index contributed by atoms with van der Waals surface area (Å²) in [6.45, 7) is 1.46. The summed E-state index contributed by atoms with van der Waals surface area (Å²) in [5, 5.41) is 10.7. The van der Waals surface area contributed by atoms with E-state index in [0.29, 0.717) is 11.8 Å². The molecule has 0 bridgehead atoms. The molecular formula is C17H23FN2O3. The van der Waals surface area contributed by atoms with Crippen LogP contribution in [0.1, 0.15) is 44.9 Å². The molecule has 0 unspecified atom stereocenters. The van der Waals surface area contributed by atoms with Crippen LogP contribution in [0.25, 0.3) is 0 Å². The standard InChI is InChI=1S/C17H23FN2O3/c18-16-12-13(20(21)22)6-7-17(16)19-10-8-15(9-11-19)23-14-4-2-1-3-5-14/h6-7,12,14-15H,1-5,8-11H2. The summed E-state index contributed by atoms with van der Waals surface area (Å²) >= 11 is 0. The van der Waals surface area contributed by atoms with Crippen LogP contribution in [-0.2, 0) is 4.74 Å². The zero-order chi connectivity index (χ0) is 16.2. The molecule has 0 N–H and O–H groups in total. The lowest BCUT2D eigenvalue weighted by molar-refractivity contribution is -0.385. The second-order valence-electron chi connectivity index (χ2n) is 6.48. The maximum Gasteiger partial charge on any atom is 0.272 e. The van der Waals surface area contributed by atoms with E-state index in [-0.39, 0.29) is 11.8 Å². The fourth-order valence-corrected chi connectivity index (χ4v) is 3.57. The molecule has 6 heteroatoms. The molecule has 1 heterocycles. The van der Waals surface area contributed by atoms with Gasteiger partial charge in [0.05, 0.1) is 28.9 Å². The van der Waals surface area contributed by atoms with Gasteiger partial charge in [-0.25, -0.2) is 4.39 Å². The van der Waals surface area contributed by atoms with Crippen molar-refractivity contribution >= 4 is 11.4 Å². The van der Waals surface area contributed by atoms with Crippen molar-refractivity contribution in [3.8, 4) is 0 Å². The number of rotatable bonds is 4. The van der Waals surface area contributed by atoms with E-state index in [2.05, 4.69) is 0 Å². The van der Waals surface area contributed by atoms with Crippen molar-refractivity contribution in [1.82, 2.24) is 0 Å². The van der Waals surface area contributed by atoms with Crippen molar-refractivity contribution in [2.24, 2.45) is 0 Å². The van der Waals surface area contributed by atoms with E-state index in [1.807, 2.05) is 4.90 Å². The molecule has 23 heavy (non-hydrogen) atoms. The van der Waals surface area contributed by atoms with E-state index >= 15 is 0 Å². The van der Waals surface area contributed by atoms with E-state index in [1.165, 1.54) is 31.4 Å². The molecule has 0 aromatic heterocycles. The van der Waals surface area contributed by atoms with Crippen molar-refractivity contribution in [3.63, 3.8) is 0 Å². The smallest absolute Gasteiger partial charge is 0.272 e. The van der Waals surface area contributed by atoms with Gasteiger partial charge >= 0.3 is 0 Å². The quantitative estimate of drug-likeness (QED) is 0.620. The predicted molar refractivity (Wildman–Crippen MR) is 86.2 cm³/mol. The monoisotopic (exact) mass is 322 g/mol. The second kappa shape index (κ2) is 7.25. The first-order chi connectivity index (χ1) is 11.1. The average Bonchev–Trinajstić information content (AvgIpc) is 2.56. The first-order valence-corrected chi connectivity index (χ1v) is 8.48. The van der Waals surface area contributed by atoms with Crippen LogP contribution < -0.4 is 4.90 Å². The highest BCUT2D eigenvalue weighted by Crippen LogP contribution is 2.29. The summed E-state index contributed by atoms with van der Waals surface area (Å²) in [5.41, 5.74) is 0.244. The van der Waals surface area contributed by atoms with Gasteiger partial charge in [-0.2, -0.15) is 0 Å². The highest BCUT2D eigenvalue weighted by Gasteiger charge is 2.25. The minimum absolute atomic E-state index is 0.207. The third-order valence-electron chi connectivity index (χ3n) is 4.86. The summed E-state index contributed by atoms with van der Waals surface area (Å²) < 4.78 is 20.3. The number of nitro groups is 1. The molecule has 1 saturated carbocycles. The minimum Gasteiger partial charge on any atom is -0.375 e. The Labute approximate surface area is 135 Å². The SMILES string of the molecule is O=[N+]([O-])c1ccc(N2CCC(OC3CCCCC3)CC2)c(F)c1.